The van der Waals surface area contributed by atoms with Crippen LogP contribution in [0.1, 0.15) is 10.4 Å². The molecule has 4 aromatic rings. The van der Waals surface area contributed by atoms with E-state index in [0.717, 1.165) is 15.1 Å². The molecule has 0 aromatic heterocycles. The summed E-state index contributed by atoms with van der Waals surface area (Å²) in [7, 11) is -0.823. The molecule has 1 N–H and O–H groups in total. The van der Waals surface area contributed by atoms with Crippen LogP contribution < -0.4 is 14.4 Å². The molecule has 6 nitrogen and oxygen atoms in total. The SMILES string of the molecule is COc1ccc(S(=O)(=O)N(C)c2cccc(C(=O)Nc3cccc4ccccc34)c2)cc1. The zero-order valence-corrected chi connectivity index (χ0v) is 18.5. The van der Waals surface area contributed by atoms with Crippen molar-refractivity contribution in [3.05, 3.63) is 96.6 Å². The number of amides is 1. The number of carbonyl (C=O) groups excluding carboxylic acids is 1. The van der Waals surface area contributed by atoms with E-state index < -0.39 is 10.0 Å². The predicted octanol–water partition coefficient (Wildman–Crippen LogP) is 4.93. The molecule has 162 valence electrons. The minimum Gasteiger partial charge on any atom is -0.497 e. The lowest BCUT2D eigenvalue weighted by Crippen LogP contribution is -2.26. The lowest BCUT2D eigenvalue weighted by molar-refractivity contribution is 0.102. The molecule has 0 bridgehead atoms. The van der Waals surface area contributed by atoms with E-state index in [9.17, 15) is 13.2 Å². The second-order valence-electron chi connectivity index (χ2n) is 7.18. The topological polar surface area (TPSA) is 75.7 Å². The van der Waals surface area contributed by atoms with Crippen LogP contribution in [0.4, 0.5) is 11.4 Å². The lowest BCUT2D eigenvalue weighted by atomic mass is 10.1. The highest BCUT2D eigenvalue weighted by molar-refractivity contribution is 7.92. The molecule has 0 spiro atoms. The summed E-state index contributed by atoms with van der Waals surface area (Å²) >= 11 is 0. The molecule has 4 aromatic carbocycles. The quantitative estimate of drug-likeness (QED) is 0.456. The Hall–Kier alpha value is -3.84. The van der Waals surface area contributed by atoms with Crippen LogP contribution in [-0.2, 0) is 10.0 Å². The van der Waals surface area contributed by atoms with Crippen LogP contribution in [0.25, 0.3) is 10.8 Å². The second kappa shape index (κ2) is 8.72. The molecule has 0 saturated heterocycles. The summed E-state index contributed by atoms with van der Waals surface area (Å²) in [5.41, 5.74) is 1.43. The Morgan fingerprint density at radius 2 is 1.56 bits per heavy atom. The molecule has 32 heavy (non-hydrogen) atoms. The number of hydrogen-bond acceptors (Lipinski definition) is 4. The third kappa shape index (κ3) is 4.15. The van der Waals surface area contributed by atoms with Gasteiger partial charge in [-0.05, 0) is 53.9 Å². The van der Waals surface area contributed by atoms with Gasteiger partial charge in [0, 0.05) is 23.7 Å². The van der Waals surface area contributed by atoms with Crippen LogP contribution in [0.2, 0.25) is 0 Å². The number of fused-ring (bicyclic) bond motifs is 1. The molecule has 0 unspecified atom stereocenters. The van der Waals surface area contributed by atoms with E-state index in [1.165, 1.54) is 26.3 Å². The Morgan fingerprint density at radius 3 is 2.31 bits per heavy atom. The van der Waals surface area contributed by atoms with Gasteiger partial charge >= 0.3 is 0 Å². The van der Waals surface area contributed by atoms with Crippen molar-refractivity contribution >= 4 is 38.1 Å². The molecular weight excluding hydrogens is 424 g/mol. The van der Waals surface area contributed by atoms with Crippen LogP contribution in [0, 0.1) is 0 Å². The van der Waals surface area contributed by atoms with E-state index in [-0.39, 0.29) is 10.8 Å². The standard InChI is InChI=1S/C25H22N2O4S/c1-27(32(29,30)22-15-13-21(31-2)14-16-22)20-10-5-9-19(17-20)25(28)26-24-12-6-8-18-7-3-4-11-23(18)24/h3-17H,1-2H3,(H,26,28). The highest BCUT2D eigenvalue weighted by Crippen LogP contribution is 2.26. The van der Waals surface area contributed by atoms with E-state index in [2.05, 4.69) is 5.32 Å². The Kier molecular flexibility index (Phi) is 5.83. The number of carbonyl (C=O) groups is 1. The summed E-state index contributed by atoms with van der Waals surface area (Å²) in [6.45, 7) is 0. The van der Waals surface area contributed by atoms with Crippen molar-refractivity contribution in [3.8, 4) is 5.75 Å². The zero-order valence-electron chi connectivity index (χ0n) is 17.6. The highest BCUT2D eigenvalue weighted by atomic mass is 32.2. The molecule has 0 fully saturated rings. The summed E-state index contributed by atoms with van der Waals surface area (Å²) in [5.74, 6) is 0.247. The molecule has 1 amide bonds. The van der Waals surface area contributed by atoms with Gasteiger partial charge in [-0.15, -0.1) is 0 Å². The fourth-order valence-electron chi connectivity index (χ4n) is 3.42. The van der Waals surface area contributed by atoms with Gasteiger partial charge in [-0.3, -0.25) is 9.10 Å². The summed E-state index contributed by atoms with van der Waals surface area (Å²) in [5, 5.41) is 4.88. The molecular formula is C25H22N2O4S. The third-order valence-corrected chi connectivity index (χ3v) is 7.03. The predicted molar refractivity (Wildman–Crippen MR) is 127 cm³/mol. The number of ether oxygens (including phenoxy) is 1. The van der Waals surface area contributed by atoms with E-state index >= 15 is 0 Å². The molecule has 0 aliphatic carbocycles. The van der Waals surface area contributed by atoms with Crippen molar-refractivity contribution in [2.75, 3.05) is 23.8 Å². The monoisotopic (exact) mass is 446 g/mol. The molecule has 0 heterocycles. The fraction of sp³-hybridized carbons (Fsp3) is 0.0800. The number of nitrogens with one attached hydrogen (secondary N) is 1. The molecule has 0 aliphatic rings. The van der Waals surface area contributed by atoms with E-state index in [4.69, 9.17) is 4.74 Å². The average molecular weight is 447 g/mol. The molecule has 0 radical (unpaired) electrons. The number of benzene rings is 4. The molecule has 4 rings (SSSR count). The molecule has 0 saturated carbocycles. The van der Waals surface area contributed by atoms with Crippen LogP contribution in [-0.4, -0.2) is 28.5 Å². The maximum absolute atomic E-state index is 13.0. The first kappa shape index (κ1) is 21.4. The summed E-state index contributed by atoms with van der Waals surface area (Å²) in [6.07, 6.45) is 0. The van der Waals surface area contributed by atoms with Crippen molar-refractivity contribution in [2.45, 2.75) is 4.90 Å². The zero-order chi connectivity index (χ0) is 22.7. The summed E-state index contributed by atoms with van der Waals surface area (Å²) in [6, 6.07) is 26.1. The average Bonchev–Trinajstić information content (AvgIpc) is 2.84. The summed E-state index contributed by atoms with van der Waals surface area (Å²) < 4.78 is 32.3. The number of hydrogen-bond donors (Lipinski definition) is 1. The smallest absolute Gasteiger partial charge is 0.264 e. The first-order valence-corrected chi connectivity index (χ1v) is 11.4. The normalized spacial score (nSPS) is 11.2. The molecule has 0 atom stereocenters. The maximum atomic E-state index is 13.0. The molecule has 7 heteroatoms. The first-order valence-electron chi connectivity index (χ1n) is 9.92. The van der Waals surface area contributed by atoms with Crippen molar-refractivity contribution in [1.29, 1.82) is 0 Å². The fourth-order valence-corrected chi connectivity index (χ4v) is 4.60. The van der Waals surface area contributed by atoms with Gasteiger partial charge in [-0.1, -0.05) is 42.5 Å². The Balaban J connectivity index is 1.60. The van der Waals surface area contributed by atoms with Crippen molar-refractivity contribution in [3.63, 3.8) is 0 Å². The second-order valence-corrected chi connectivity index (χ2v) is 9.15. The minimum absolute atomic E-state index is 0.131. The summed E-state index contributed by atoms with van der Waals surface area (Å²) in [4.78, 5) is 13.1. The Labute approximate surface area is 187 Å². The van der Waals surface area contributed by atoms with Crippen molar-refractivity contribution in [2.24, 2.45) is 0 Å². The van der Waals surface area contributed by atoms with Crippen molar-refractivity contribution < 1.29 is 17.9 Å². The number of nitrogens with zero attached hydrogens (tertiary/aromatic N) is 1. The van der Waals surface area contributed by atoms with Crippen LogP contribution in [0.3, 0.4) is 0 Å². The van der Waals surface area contributed by atoms with Gasteiger partial charge in [0.05, 0.1) is 17.7 Å². The van der Waals surface area contributed by atoms with Gasteiger partial charge in [0.25, 0.3) is 15.9 Å². The Bertz CT molecular complexity index is 1380. The number of sulfonamides is 1. The minimum atomic E-state index is -3.80. The van der Waals surface area contributed by atoms with Gasteiger partial charge in [-0.2, -0.15) is 0 Å². The first-order chi connectivity index (χ1) is 15.4. The van der Waals surface area contributed by atoms with E-state index in [1.54, 1.807) is 36.4 Å². The van der Waals surface area contributed by atoms with Crippen LogP contribution in [0.15, 0.2) is 95.9 Å². The molecule has 0 aliphatic heterocycles. The van der Waals surface area contributed by atoms with Gasteiger partial charge in [0.2, 0.25) is 0 Å². The number of methoxy groups -OCH3 is 1. The number of rotatable bonds is 6. The van der Waals surface area contributed by atoms with E-state index in [1.807, 2.05) is 42.5 Å². The van der Waals surface area contributed by atoms with Gasteiger partial charge in [-0.25, -0.2) is 8.42 Å². The number of anilines is 2. The lowest BCUT2D eigenvalue weighted by Gasteiger charge is -2.20. The highest BCUT2D eigenvalue weighted by Gasteiger charge is 2.22. The van der Waals surface area contributed by atoms with E-state index in [0.29, 0.717) is 22.7 Å². The van der Waals surface area contributed by atoms with Crippen LogP contribution in [0.5, 0.6) is 5.75 Å². The maximum Gasteiger partial charge on any atom is 0.264 e. The Morgan fingerprint density at radius 1 is 0.875 bits per heavy atom. The third-order valence-electron chi connectivity index (χ3n) is 5.23. The van der Waals surface area contributed by atoms with Gasteiger partial charge < -0.3 is 10.1 Å². The van der Waals surface area contributed by atoms with Crippen LogP contribution >= 0.6 is 0 Å². The largest absolute Gasteiger partial charge is 0.497 e. The van der Waals surface area contributed by atoms with Gasteiger partial charge in [0.15, 0.2) is 0 Å². The van der Waals surface area contributed by atoms with Crippen molar-refractivity contribution in [1.82, 2.24) is 0 Å². The van der Waals surface area contributed by atoms with Gasteiger partial charge in [0.1, 0.15) is 5.75 Å².